The van der Waals surface area contributed by atoms with Crippen molar-refractivity contribution in [3.05, 3.63) is 87.3 Å². The molecule has 0 saturated carbocycles. The first kappa shape index (κ1) is 22.2. The third-order valence-corrected chi connectivity index (χ3v) is 6.35. The van der Waals surface area contributed by atoms with E-state index in [4.69, 9.17) is 16.3 Å². The molecular formula is C24H20ClFN2O3S. The van der Waals surface area contributed by atoms with E-state index in [2.05, 4.69) is 0 Å². The first-order valence-electron chi connectivity index (χ1n) is 9.93. The highest BCUT2D eigenvalue weighted by Gasteiger charge is 2.35. The summed E-state index contributed by atoms with van der Waals surface area (Å²) in [4.78, 5) is 26.7. The van der Waals surface area contributed by atoms with Gasteiger partial charge in [0.2, 0.25) is 0 Å². The number of ether oxygens (including phenoxy) is 1. The highest BCUT2D eigenvalue weighted by atomic mass is 35.5. The molecule has 0 unspecified atom stereocenters. The molecule has 0 atom stereocenters. The van der Waals surface area contributed by atoms with Crippen molar-refractivity contribution >= 4 is 40.6 Å². The normalized spacial score (nSPS) is 15.1. The minimum atomic E-state index is -0.376. The number of hydrogen-bond acceptors (Lipinski definition) is 4. The number of thioether (sulfide) groups is 1. The molecule has 32 heavy (non-hydrogen) atoms. The Labute approximate surface area is 194 Å². The summed E-state index contributed by atoms with van der Waals surface area (Å²) in [6.45, 7) is 3.97. The number of halogens is 2. The van der Waals surface area contributed by atoms with E-state index in [0.717, 1.165) is 33.6 Å². The number of hydrogen-bond donors (Lipinski definition) is 0. The quantitative estimate of drug-likeness (QED) is 0.414. The number of aromatic nitrogens is 1. The SMILES string of the molecule is Cc1cc(/C=C2\SC(=O)N(CCOc3ccccc3Cl)C2=O)c(C)n1-c1ccccc1F. The molecule has 2 amide bonds. The second kappa shape index (κ2) is 9.22. The third kappa shape index (κ3) is 4.31. The zero-order chi connectivity index (χ0) is 22.8. The van der Waals surface area contributed by atoms with Crippen molar-refractivity contribution in [2.24, 2.45) is 0 Å². The summed E-state index contributed by atoms with van der Waals surface area (Å²) in [6, 6.07) is 15.4. The van der Waals surface area contributed by atoms with E-state index in [1.54, 1.807) is 53.1 Å². The van der Waals surface area contributed by atoms with Crippen LogP contribution in [0.25, 0.3) is 11.8 Å². The predicted molar refractivity (Wildman–Crippen MR) is 125 cm³/mol. The van der Waals surface area contributed by atoms with Gasteiger partial charge >= 0.3 is 0 Å². The van der Waals surface area contributed by atoms with Crippen LogP contribution in [0.3, 0.4) is 0 Å². The second-order valence-corrected chi connectivity index (χ2v) is 8.63. The zero-order valence-corrected chi connectivity index (χ0v) is 19.0. The number of nitrogens with zero attached hydrogens (tertiary/aromatic N) is 2. The predicted octanol–water partition coefficient (Wildman–Crippen LogP) is 6.00. The Morgan fingerprint density at radius 2 is 1.81 bits per heavy atom. The molecule has 2 aromatic carbocycles. The van der Waals surface area contributed by atoms with Gasteiger partial charge in [-0.05, 0) is 67.6 Å². The van der Waals surface area contributed by atoms with Gasteiger partial charge in [-0.15, -0.1) is 0 Å². The lowest BCUT2D eigenvalue weighted by molar-refractivity contribution is -0.123. The van der Waals surface area contributed by atoms with Gasteiger partial charge in [0, 0.05) is 11.4 Å². The number of rotatable bonds is 6. The maximum Gasteiger partial charge on any atom is 0.293 e. The molecule has 164 valence electrons. The van der Waals surface area contributed by atoms with Gasteiger partial charge in [-0.1, -0.05) is 35.9 Å². The topological polar surface area (TPSA) is 51.5 Å². The van der Waals surface area contributed by atoms with Crippen LogP contribution in [0.2, 0.25) is 5.02 Å². The van der Waals surface area contributed by atoms with E-state index >= 15 is 0 Å². The van der Waals surface area contributed by atoms with Crippen LogP contribution in [0, 0.1) is 19.7 Å². The van der Waals surface area contributed by atoms with E-state index in [1.807, 2.05) is 19.9 Å². The summed E-state index contributed by atoms with van der Waals surface area (Å²) < 4.78 is 21.7. The molecule has 1 fully saturated rings. The molecule has 8 heteroatoms. The van der Waals surface area contributed by atoms with E-state index in [0.29, 0.717) is 21.4 Å². The number of para-hydroxylation sites is 2. The molecule has 3 aromatic rings. The van der Waals surface area contributed by atoms with Crippen molar-refractivity contribution in [1.82, 2.24) is 9.47 Å². The number of aryl methyl sites for hydroxylation is 1. The molecule has 0 bridgehead atoms. The molecule has 2 heterocycles. The monoisotopic (exact) mass is 470 g/mol. The standard InChI is InChI=1S/C24H20ClFN2O3S/c1-15-13-17(16(2)28(15)20-9-5-4-8-19(20)26)14-22-23(29)27(24(30)32-22)11-12-31-21-10-6-3-7-18(21)25/h3-10,13-14H,11-12H2,1-2H3/b22-14-. The van der Waals surface area contributed by atoms with E-state index < -0.39 is 0 Å². The number of carbonyl (C=O) groups is 2. The van der Waals surface area contributed by atoms with Crippen molar-refractivity contribution in [3.8, 4) is 11.4 Å². The summed E-state index contributed by atoms with van der Waals surface area (Å²) in [5.41, 5.74) is 2.79. The van der Waals surface area contributed by atoms with Crippen LogP contribution >= 0.6 is 23.4 Å². The fourth-order valence-corrected chi connectivity index (χ4v) is 4.63. The van der Waals surface area contributed by atoms with Gasteiger partial charge in [-0.2, -0.15) is 0 Å². The van der Waals surface area contributed by atoms with Crippen LogP contribution < -0.4 is 4.74 Å². The Bertz CT molecular complexity index is 1240. The van der Waals surface area contributed by atoms with Gasteiger partial charge in [-0.3, -0.25) is 14.5 Å². The Morgan fingerprint density at radius 3 is 2.56 bits per heavy atom. The fraction of sp³-hybridized carbons (Fsp3) is 0.167. The largest absolute Gasteiger partial charge is 0.490 e. The Kier molecular flexibility index (Phi) is 6.39. The van der Waals surface area contributed by atoms with Crippen molar-refractivity contribution in [2.45, 2.75) is 13.8 Å². The highest BCUT2D eigenvalue weighted by molar-refractivity contribution is 8.18. The smallest absolute Gasteiger partial charge is 0.293 e. The molecule has 0 N–H and O–H groups in total. The summed E-state index contributed by atoms with van der Waals surface area (Å²) in [5, 5.41) is 0.110. The van der Waals surface area contributed by atoms with Crippen LogP contribution in [-0.4, -0.2) is 33.8 Å². The molecule has 1 aliphatic rings. The first-order chi connectivity index (χ1) is 15.4. The van der Waals surface area contributed by atoms with Gasteiger partial charge in [0.25, 0.3) is 11.1 Å². The van der Waals surface area contributed by atoms with Crippen molar-refractivity contribution in [1.29, 1.82) is 0 Å². The van der Waals surface area contributed by atoms with Gasteiger partial charge in [0.15, 0.2) is 0 Å². The average molecular weight is 471 g/mol. The minimum Gasteiger partial charge on any atom is -0.490 e. The maximum atomic E-state index is 14.3. The molecular weight excluding hydrogens is 451 g/mol. The lowest BCUT2D eigenvalue weighted by atomic mass is 10.2. The van der Waals surface area contributed by atoms with E-state index in [-0.39, 0.29) is 30.1 Å². The average Bonchev–Trinajstić information content (AvgIpc) is 3.19. The number of amides is 2. The molecule has 1 aliphatic heterocycles. The van der Waals surface area contributed by atoms with Gasteiger partial charge in [0.1, 0.15) is 18.2 Å². The van der Waals surface area contributed by atoms with Gasteiger partial charge in [-0.25, -0.2) is 4.39 Å². The Hall–Kier alpha value is -3.03. The van der Waals surface area contributed by atoms with Gasteiger partial charge in [0.05, 0.1) is 22.2 Å². The second-order valence-electron chi connectivity index (χ2n) is 7.23. The summed E-state index contributed by atoms with van der Waals surface area (Å²) >= 11 is 6.95. The van der Waals surface area contributed by atoms with Crippen LogP contribution in [-0.2, 0) is 4.79 Å². The molecule has 5 nitrogen and oxygen atoms in total. The lowest BCUT2D eigenvalue weighted by Crippen LogP contribution is -2.32. The van der Waals surface area contributed by atoms with E-state index in [1.165, 1.54) is 6.07 Å². The summed E-state index contributed by atoms with van der Waals surface area (Å²) in [7, 11) is 0. The van der Waals surface area contributed by atoms with Crippen molar-refractivity contribution in [2.75, 3.05) is 13.2 Å². The van der Waals surface area contributed by atoms with Crippen LogP contribution in [0.15, 0.2) is 59.5 Å². The lowest BCUT2D eigenvalue weighted by Gasteiger charge is -2.13. The maximum absolute atomic E-state index is 14.3. The zero-order valence-electron chi connectivity index (χ0n) is 17.5. The molecule has 1 aromatic heterocycles. The highest BCUT2D eigenvalue weighted by Crippen LogP contribution is 2.34. The van der Waals surface area contributed by atoms with Crippen molar-refractivity contribution < 1.29 is 18.7 Å². The number of benzene rings is 2. The first-order valence-corrected chi connectivity index (χ1v) is 11.1. The molecule has 1 saturated heterocycles. The Balaban J connectivity index is 1.51. The minimum absolute atomic E-state index is 0.113. The van der Waals surface area contributed by atoms with Crippen LogP contribution in [0.5, 0.6) is 5.75 Å². The van der Waals surface area contributed by atoms with E-state index in [9.17, 15) is 14.0 Å². The van der Waals surface area contributed by atoms with Gasteiger partial charge < -0.3 is 9.30 Å². The molecule has 4 rings (SSSR count). The number of carbonyl (C=O) groups excluding carboxylic acids is 2. The van der Waals surface area contributed by atoms with Crippen LogP contribution in [0.1, 0.15) is 17.0 Å². The molecule has 0 aliphatic carbocycles. The Morgan fingerprint density at radius 1 is 1.09 bits per heavy atom. The van der Waals surface area contributed by atoms with Crippen molar-refractivity contribution in [3.63, 3.8) is 0 Å². The number of imide groups is 1. The third-order valence-electron chi connectivity index (χ3n) is 5.13. The molecule has 0 radical (unpaired) electrons. The molecule has 0 spiro atoms. The summed E-state index contributed by atoms with van der Waals surface area (Å²) in [6.07, 6.45) is 1.68. The van der Waals surface area contributed by atoms with Crippen LogP contribution in [0.4, 0.5) is 9.18 Å². The summed E-state index contributed by atoms with van der Waals surface area (Å²) in [5.74, 6) is -0.213. The fourth-order valence-electron chi connectivity index (χ4n) is 3.58.